The number of allylic oxidation sites excluding steroid dienone is 2. The van der Waals surface area contributed by atoms with E-state index in [0.29, 0.717) is 18.4 Å². The van der Waals surface area contributed by atoms with E-state index in [0.717, 1.165) is 6.42 Å². The van der Waals surface area contributed by atoms with Crippen molar-refractivity contribution in [3.05, 3.63) is 12.2 Å². The Bertz CT molecular complexity index is 104. The molecule has 0 bridgehead atoms. The second-order valence-corrected chi connectivity index (χ2v) is 3.64. The molecule has 2 unspecified atom stereocenters. The number of hydrogen-bond acceptors (Lipinski definition) is 1. The predicted molar refractivity (Wildman–Crippen MR) is 54.1 cm³/mol. The van der Waals surface area contributed by atoms with Crippen molar-refractivity contribution < 1.29 is 5.11 Å². The molecule has 0 spiro atoms. The highest BCUT2D eigenvalue weighted by Crippen LogP contribution is 2.10. The van der Waals surface area contributed by atoms with Crippen LogP contribution in [0.1, 0.15) is 40.0 Å². The molecule has 0 aliphatic heterocycles. The van der Waals surface area contributed by atoms with Crippen molar-refractivity contribution in [2.45, 2.75) is 40.0 Å². The molecule has 1 N–H and O–H groups in total. The van der Waals surface area contributed by atoms with E-state index >= 15 is 0 Å². The Morgan fingerprint density at radius 1 is 1.08 bits per heavy atom. The van der Waals surface area contributed by atoms with Crippen molar-refractivity contribution in [1.29, 1.82) is 0 Å². The van der Waals surface area contributed by atoms with Gasteiger partial charge < -0.3 is 5.11 Å². The molecule has 0 saturated heterocycles. The maximum Gasteiger partial charge on any atom is 0.0436 e. The Morgan fingerprint density at radius 2 is 1.58 bits per heavy atom. The average molecular weight is 170 g/mol. The third-order valence-corrected chi connectivity index (χ3v) is 2.10. The second-order valence-electron chi connectivity index (χ2n) is 3.64. The Kier molecular flexibility index (Phi) is 7.17. The fourth-order valence-corrected chi connectivity index (χ4v) is 1.23. The van der Waals surface area contributed by atoms with Gasteiger partial charge in [-0.15, -0.1) is 0 Å². The van der Waals surface area contributed by atoms with Gasteiger partial charge in [-0.2, -0.15) is 0 Å². The zero-order valence-corrected chi connectivity index (χ0v) is 8.59. The van der Waals surface area contributed by atoms with Gasteiger partial charge >= 0.3 is 0 Å². The van der Waals surface area contributed by atoms with Gasteiger partial charge in [-0.05, 0) is 24.7 Å². The van der Waals surface area contributed by atoms with Crippen LogP contribution in [0, 0.1) is 11.8 Å². The minimum Gasteiger partial charge on any atom is -0.396 e. The quantitative estimate of drug-likeness (QED) is 0.608. The van der Waals surface area contributed by atoms with E-state index in [-0.39, 0.29) is 0 Å². The van der Waals surface area contributed by atoms with E-state index in [2.05, 4.69) is 32.9 Å². The molecule has 0 aliphatic rings. The lowest BCUT2D eigenvalue weighted by atomic mass is 10.0. The molecule has 2 atom stereocenters. The van der Waals surface area contributed by atoms with E-state index in [1.165, 1.54) is 12.8 Å². The van der Waals surface area contributed by atoms with Crippen LogP contribution in [0.2, 0.25) is 0 Å². The monoisotopic (exact) mass is 170 g/mol. The SMILES string of the molecule is CCCC(C)C=CC(C)CCO. The largest absolute Gasteiger partial charge is 0.396 e. The lowest BCUT2D eigenvalue weighted by molar-refractivity contribution is 0.274. The Morgan fingerprint density at radius 3 is 2.00 bits per heavy atom. The minimum absolute atomic E-state index is 0.299. The van der Waals surface area contributed by atoms with Gasteiger partial charge in [0.2, 0.25) is 0 Å². The van der Waals surface area contributed by atoms with Crippen LogP contribution in [0.4, 0.5) is 0 Å². The van der Waals surface area contributed by atoms with Gasteiger partial charge in [0.1, 0.15) is 0 Å². The molecule has 0 fully saturated rings. The molecule has 0 amide bonds. The van der Waals surface area contributed by atoms with E-state index in [1.807, 2.05) is 0 Å². The summed E-state index contributed by atoms with van der Waals surface area (Å²) >= 11 is 0. The average Bonchev–Trinajstić information content (AvgIpc) is 2.02. The van der Waals surface area contributed by atoms with Crippen molar-refractivity contribution in [3.63, 3.8) is 0 Å². The van der Waals surface area contributed by atoms with Crippen molar-refractivity contribution in [2.24, 2.45) is 11.8 Å². The Hall–Kier alpha value is -0.300. The van der Waals surface area contributed by atoms with E-state index in [4.69, 9.17) is 5.11 Å². The number of aliphatic hydroxyl groups excluding tert-OH is 1. The molecule has 72 valence electrons. The zero-order chi connectivity index (χ0) is 9.40. The molecule has 0 aromatic rings. The first kappa shape index (κ1) is 11.7. The molecule has 0 aromatic heterocycles. The van der Waals surface area contributed by atoms with Crippen LogP contribution in [-0.4, -0.2) is 11.7 Å². The molecular weight excluding hydrogens is 148 g/mol. The maximum atomic E-state index is 8.67. The van der Waals surface area contributed by atoms with Gasteiger partial charge in [0.15, 0.2) is 0 Å². The highest BCUT2D eigenvalue weighted by atomic mass is 16.2. The van der Waals surface area contributed by atoms with Crippen LogP contribution >= 0.6 is 0 Å². The van der Waals surface area contributed by atoms with Gasteiger partial charge in [-0.1, -0.05) is 39.3 Å². The topological polar surface area (TPSA) is 20.2 Å². The van der Waals surface area contributed by atoms with E-state index < -0.39 is 0 Å². The van der Waals surface area contributed by atoms with Gasteiger partial charge in [-0.3, -0.25) is 0 Å². The summed E-state index contributed by atoms with van der Waals surface area (Å²) in [6.07, 6.45) is 7.89. The third-order valence-electron chi connectivity index (χ3n) is 2.10. The third kappa shape index (κ3) is 6.41. The molecule has 0 aromatic carbocycles. The summed E-state index contributed by atoms with van der Waals surface area (Å²) in [4.78, 5) is 0. The van der Waals surface area contributed by atoms with Gasteiger partial charge in [-0.25, -0.2) is 0 Å². The molecule has 0 aliphatic carbocycles. The molecule has 0 rings (SSSR count). The molecule has 0 radical (unpaired) electrons. The van der Waals surface area contributed by atoms with Crippen molar-refractivity contribution >= 4 is 0 Å². The summed E-state index contributed by atoms with van der Waals surface area (Å²) in [5.41, 5.74) is 0. The normalized spacial score (nSPS) is 16.7. The van der Waals surface area contributed by atoms with Crippen LogP contribution in [0.5, 0.6) is 0 Å². The summed E-state index contributed by atoms with van der Waals surface area (Å²) in [6, 6.07) is 0. The first-order chi connectivity index (χ1) is 5.70. The lowest BCUT2D eigenvalue weighted by Crippen LogP contribution is -1.95. The molecular formula is C11H22O. The van der Waals surface area contributed by atoms with Crippen LogP contribution in [-0.2, 0) is 0 Å². The molecule has 1 nitrogen and oxygen atoms in total. The van der Waals surface area contributed by atoms with E-state index in [1.54, 1.807) is 0 Å². The summed E-state index contributed by atoms with van der Waals surface area (Å²) in [5, 5.41) is 8.67. The van der Waals surface area contributed by atoms with Crippen LogP contribution in [0.25, 0.3) is 0 Å². The van der Waals surface area contributed by atoms with Crippen LogP contribution in [0.15, 0.2) is 12.2 Å². The standard InChI is InChI=1S/C11H22O/c1-4-5-10(2)6-7-11(3)8-9-12/h6-7,10-12H,4-5,8-9H2,1-3H3. The minimum atomic E-state index is 0.299. The maximum absolute atomic E-state index is 8.67. The highest BCUT2D eigenvalue weighted by Gasteiger charge is 1.97. The van der Waals surface area contributed by atoms with Crippen LogP contribution < -0.4 is 0 Å². The molecule has 0 saturated carbocycles. The number of hydrogen-bond donors (Lipinski definition) is 1. The smallest absolute Gasteiger partial charge is 0.0436 e. The lowest BCUT2D eigenvalue weighted by Gasteiger charge is -2.06. The zero-order valence-electron chi connectivity index (χ0n) is 8.59. The van der Waals surface area contributed by atoms with Gasteiger partial charge in [0, 0.05) is 6.61 Å². The fraction of sp³-hybridized carbons (Fsp3) is 0.818. The van der Waals surface area contributed by atoms with Crippen LogP contribution in [0.3, 0.4) is 0 Å². The summed E-state index contributed by atoms with van der Waals surface area (Å²) < 4.78 is 0. The summed E-state index contributed by atoms with van der Waals surface area (Å²) in [7, 11) is 0. The second kappa shape index (κ2) is 7.35. The summed E-state index contributed by atoms with van der Waals surface area (Å²) in [6.45, 7) is 6.90. The molecule has 12 heavy (non-hydrogen) atoms. The number of rotatable bonds is 6. The fourth-order valence-electron chi connectivity index (χ4n) is 1.23. The number of aliphatic hydroxyl groups is 1. The van der Waals surface area contributed by atoms with Gasteiger partial charge in [0.25, 0.3) is 0 Å². The Balaban J connectivity index is 3.57. The van der Waals surface area contributed by atoms with Crippen molar-refractivity contribution in [2.75, 3.05) is 6.61 Å². The van der Waals surface area contributed by atoms with Crippen molar-refractivity contribution in [3.8, 4) is 0 Å². The van der Waals surface area contributed by atoms with Crippen molar-refractivity contribution in [1.82, 2.24) is 0 Å². The van der Waals surface area contributed by atoms with Gasteiger partial charge in [0.05, 0.1) is 0 Å². The molecule has 0 heterocycles. The highest BCUT2D eigenvalue weighted by molar-refractivity contribution is 4.89. The van der Waals surface area contributed by atoms with E-state index in [9.17, 15) is 0 Å². The molecule has 1 heteroatoms. The Labute approximate surface area is 76.5 Å². The first-order valence-electron chi connectivity index (χ1n) is 4.99. The first-order valence-corrected chi connectivity index (χ1v) is 4.99. The summed E-state index contributed by atoms with van der Waals surface area (Å²) in [5.74, 6) is 1.21. The predicted octanol–water partition coefficient (Wildman–Crippen LogP) is 3.00.